The van der Waals surface area contributed by atoms with E-state index < -0.39 is 0 Å². The molecule has 0 bridgehead atoms. The number of aliphatic hydroxyl groups excluding tert-OH is 1. The molecular formula is C39H34ClN3O5. The molecule has 1 heterocycles. The van der Waals surface area contributed by atoms with Gasteiger partial charge in [0, 0.05) is 24.5 Å². The van der Waals surface area contributed by atoms with E-state index in [9.17, 15) is 9.90 Å². The molecule has 5 aromatic carbocycles. The number of hydrogen-bond acceptors (Lipinski definition) is 7. The third-order valence-electron chi connectivity index (χ3n) is 8.26. The largest absolute Gasteiger partial charge is 0.488 e. The van der Waals surface area contributed by atoms with Crippen LogP contribution in [0.15, 0.2) is 109 Å². The van der Waals surface area contributed by atoms with Gasteiger partial charge in [-0.1, -0.05) is 103 Å². The molecule has 2 N–H and O–H groups in total. The zero-order chi connectivity index (χ0) is 32.9. The highest BCUT2D eigenvalue weighted by molar-refractivity contribution is 6.39. The fourth-order valence-corrected chi connectivity index (χ4v) is 6.20. The first-order valence-electron chi connectivity index (χ1n) is 15.9. The van der Waals surface area contributed by atoms with Gasteiger partial charge in [-0.2, -0.15) is 5.10 Å². The molecule has 0 unspecified atom stereocenters. The van der Waals surface area contributed by atoms with E-state index in [0.29, 0.717) is 69.7 Å². The Labute approximate surface area is 283 Å². The van der Waals surface area contributed by atoms with Crippen LogP contribution in [-0.4, -0.2) is 40.4 Å². The van der Waals surface area contributed by atoms with Crippen LogP contribution >= 0.6 is 11.6 Å². The summed E-state index contributed by atoms with van der Waals surface area (Å²) in [6.45, 7) is 2.32. The van der Waals surface area contributed by atoms with E-state index in [-0.39, 0.29) is 32.2 Å². The van der Waals surface area contributed by atoms with Gasteiger partial charge in [0.2, 0.25) is 0 Å². The van der Waals surface area contributed by atoms with Crippen LogP contribution < -0.4 is 19.5 Å². The molecule has 0 aliphatic heterocycles. The number of carbonyl (C=O) groups is 1. The average Bonchev–Trinajstić information content (AvgIpc) is 3.49. The van der Waals surface area contributed by atoms with Crippen molar-refractivity contribution >= 4 is 28.3 Å². The fraction of sp³-hybridized carbons (Fsp3) is 0.179. The molecule has 0 saturated carbocycles. The van der Waals surface area contributed by atoms with Gasteiger partial charge < -0.3 is 24.6 Å². The zero-order valence-electron chi connectivity index (χ0n) is 26.2. The minimum absolute atomic E-state index is 0.0341. The Morgan fingerprint density at radius 2 is 1.27 bits per heavy atom. The highest BCUT2D eigenvalue weighted by Crippen LogP contribution is 2.52. The normalized spacial score (nSPS) is 11.8. The van der Waals surface area contributed by atoms with Crippen LogP contribution in [0.5, 0.6) is 17.2 Å². The Balaban J connectivity index is 1.42. The molecule has 0 saturated heterocycles. The lowest BCUT2D eigenvalue weighted by molar-refractivity contribution is 0.103. The number of hydrogen-bond donors (Lipinski definition) is 2. The Kier molecular flexibility index (Phi) is 9.38. The number of aromatic nitrogens is 2. The van der Waals surface area contributed by atoms with Crippen LogP contribution in [0, 0.1) is 0 Å². The van der Waals surface area contributed by atoms with Crippen molar-refractivity contribution in [2.45, 2.75) is 26.4 Å². The Morgan fingerprint density at radius 3 is 1.88 bits per heavy atom. The first kappa shape index (κ1) is 31.4. The molecule has 242 valence electrons. The lowest BCUT2D eigenvalue weighted by Gasteiger charge is -2.24. The molecule has 0 radical (unpaired) electrons. The molecule has 1 aliphatic rings. The monoisotopic (exact) mass is 659 g/mol. The summed E-state index contributed by atoms with van der Waals surface area (Å²) in [5.41, 5.74) is 5.43. The Hall–Kier alpha value is -5.15. The Bertz CT molecular complexity index is 2050. The van der Waals surface area contributed by atoms with Gasteiger partial charge in [0.05, 0.1) is 40.4 Å². The van der Waals surface area contributed by atoms with Crippen molar-refractivity contribution < 1.29 is 24.1 Å². The number of fused-ring (bicyclic) bond motifs is 2. The summed E-state index contributed by atoms with van der Waals surface area (Å²) in [6.07, 6.45) is 0. The van der Waals surface area contributed by atoms with Gasteiger partial charge >= 0.3 is 0 Å². The van der Waals surface area contributed by atoms with Crippen LogP contribution in [-0.2, 0) is 26.4 Å². The Morgan fingerprint density at radius 1 is 0.688 bits per heavy atom. The molecule has 1 aliphatic carbocycles. The quantitative estimate of drug-likeness (QED) is 0.119. The summed E-state index contributed by atoms with van der Waals surface area (Å²) < 4.78 is 21.4. The van der Waals surface area contributed by atoms with E-state index in [0.717, 1.165) is 22.2 Å². The summed E-state index contributed by atoms with van der Waals surface area (Å²) in [4.78, 5) is 14.6. The first-order chi connectivity index (χ1) is 23.6. The third kappa shape index (κ3) is 6.38. The molecule has 6 aromatic rings. The van der Waals surface area contributed by atoms with Gasteiger partial charge in [-0.15, -0.1) is 0 Å². The van der Waals surface area contributed by atoms with Gasteiger partial charge in [0.1, 0.15) is 31.3 Å². The van der Waals surface area contributed by atoms with Crippen LogP contribution in [0.25, 0.3) is 22.2 Å². The van der Waals surface area contributed by atoms with Crippen LogP contribution in [0.3, 0.4) is 0 Å². The van der Waals surface area contributed by atoms with Crippen molar-refractivity contribution in [3.05, 3.63) is 142 Å². The summed E-state index contributed by atoms with van der Waals surface area (Å²) >= 11 is 6.79. The van der Waals surface area contributed by atoms with Gasteiger partial charge in [-0.05, 0) is 28.8 Å². The lowest BCUT2D eigenvalue weighted by atomic mass is 9.85. The molecule has 7 rings (SSSR count). The maximum Gasteiger partial charge on any atom is 0.199 e. The van der Waals surface area contributed by atoms with Crippen LogP contribution in [0.1, 0.15) is 32.6 Å². The van der Waals surface area contributed by atoms with Crippen molar-refractivity contribution in [3.63, 3.8) is 0 Å². The van der Waals surface area contributed by atoms with E-state index in [4.69, 9.17) is 30.9 Å². The predicted molar refractivity (Wildman–Crippen MR) is 186 cm³/mol. The number of benzene rings is 5. The van der Waals surface area contributed by atoms with Crippen molar-refractivity contribution in [3.8, 4) is 28.5 Å². The maximum absolute atomic E-state index is 14.6. The molecule has 0 amide bonds. The second kappa shape index (κ2) is 14.3. The molecule has 48 heavy (non-hydrogen) atoms. The number of ketones is 1. The van der Waals surface area contributed by atoms with Crippen molar-refractivity contribution in [2.75, 3.05) is 19.7 Å². The van der Waals surface area contributed by atoms with E-state index >= 15 is 0 Å². The van der Waals surface area contributed by atoms with Gasteiger partial charge in [0.15, 0.2) is 17.3 Å². The fourth-order valence-electron chi connectivity index (χ4n) is 5.96. The first-order valence-corrected chi connectivity index (χ1v) is 16.3. The molecule has 9 heteroatoms. The second-order valence-corrected chi connectivity index (χ2v) is 11.9. The molecule has 0 spiro atoms. The van der Waals surface area contributed by atoms with Crippen molar-refractivity contribution in [2.24, 2.45) is 0 Å². The lowest BCUT2D eigenvalue weighted by Crippen LogP contribution is -2.23. The number of nitrogens with zero attached hydrogens (tertiary/aromatic N) is 2. The predicted octanol–water partition coefficient (Wildman–Crippen LogP) is 7.22. The van der Waals surface area contributed by atoms with Gasteiger partial charge in [-0.25, -0.2) is 0 Å². The summed E-state index contributed by atoms with van der Waals surface area (Å²) in [5.74, 6) is 0.920. The van der Waals surface area contributed by atoms with Crippen molar-refractivity contribution in [1.29, 1.82) is 0 Å². The molecule has 1 aromatic heterocycles. The molecular weight excluding hydrogens is 626 g/mol. The van der Waals surface area contributed by atoms with E-state index in [2.05, 4.69) is 5.32 Å². The topological polar surface area (TPSA) is 94.8 Å². The van der Waals surface area contributed by atoms with Crippen LogP contribution in [0.4, 0.5) is 0 Å². The number of ether oxygens (including phenoxy) is 3. The minimum atomic E-state index is -0.270. The van der Waals surface area contributed by atoms with Crippen LogP contribution in [0.2, 0.25) is 5.02 Å². The highest BCUT2D eigenvalue weighted by atomic mass is 35.5. The highest BCUT2D eigenvalue weighted by Gasteiger charge is 2.37. The van der Waals surface area contributed by atoms with E-state index in [1.807, 2.05) is 102 Å². The smallest absolute Gasteiger partial charge is 0.199 e. The summed E-state index contributed by atoms with van der Waals surface area (Å²) in [7, 11) is 0. The van der Waals surface area contributed by atoms with E-state index in [1.54, 1.807) is 12.1 Å². The average molecular weight is 660 g/mol. The number of nitrogens with one attached hydrogen (secondary N) is 1. The minimum Gasteiger partial charge on any atom is -0.488 e. The number of rotatable bonds is 14. The SMILES string of the molecule is O=C1c2c(OCc3ccccc3)cc(OCc3ccccc3)c(OCc3ccccc3)c2-c2nn(CCNCCO)c3ccc(Cl)c1c23. The van der Waals surface area contributed by atoms with E-state index in [1.165, 1.54) is 0 Å². The van der Waals surface area contributed by atoms with Gasteiger partial charge in [0.25, 0.3) is 0 Å². The maximum atomic E-state index is 14.6. The number of aliphatic hydroxyl groups is 1. The standard InChI is InChI=1S/C39H34ClN3O5/c40-29-16-17-30-34-33(29)38(45)35-31(46-23-26-10-4-1-5-11-26)22-32(47-24-27-12-6-2-7-13-27)39(48-25-28-14-8-3-9-15-28)36(35)37(34)42-43(30)20-18-41-19-21-44/h1-17,22,41,44H,18-21,23-25H2. The summed E-state index contributed by atoms with van der Waals surface area (Å²) in [6, 6.07) is 34.9. The molecule has 0 atom stereocenters. The number of halogens is 1. The van der Waals surface area contributed by atoms with Gasteiger partial charge in [-0.3, -0.25) is 9.48 Å². The molecule has 8 nitrogen and oxygen atoms in total. The second-order valence-electron chi connectivity index (χ2n) is 11.5. The summed E-state index contributed by atoms with van der Waals surface area (Å²) in [5, 5.41) is 18.5. The van der Waals surface area contributed by atoms with Crippen molar-refractivity contribution in [1.82, 2.24) is 15.1 Å². The zero-order valence-corrected chi connectivity index (χ0v) is 27.0. The molecule has 0 fully saturated rings. The number of carbonyl (C=O) groups excluding carboxylic acids is 1. The third-order valence-corrected chi connectivity index (χ3v) is 8.57.